The Morgan fingerprint density at radius 2 is 2.36 bits per heavy atom. The van der Waals surface area contributed by atoms with Crippen LogP contribution in [0.2, 0.25) is 0 Å². The summed E-state index contributed by atoms with van der Waals surface area (Å²) in [5.74, 6) is 0. The minimum atomic E-state index is 0.693. The molecule has 1 N–H and O–H groups in total. The molecule has 2 nitrogen and oxygen atoms in total. The molecule has 3 heteroatoms. The van der Waals surface area contributed by atoms with Gasteiger partial charge in [-0.3, -0.25) is 0 Å². The average molecular weight is 212 g/mol. The zero-order chi connectivity index (χ0) is 10.2. The summed E-state index contributed by atoms with van der Waals surface area (Å²) in [6.07, 6.45) is 4.84. The smallest absolute Gasteiger partial charge is 0.0794 e. The van der Waals surface area contributed by atoms with Crippen molar-refractivity contribution >= 4 is 11.3 Å². The molecule has 1 rings (SSSR count). The molecule has 0 spiro atoms. The van der Waals surface area contributed by atoms with E-state index in [2.05, 4.69) is 29.5 Å². The summed E-state index contributed by atoms with van der Waals surface area (Å²) in [5.41, 5.74) is 3.12. The number of hydrogen-bond donors (Lipinski definition) is 1. The molecular weight excluding hydrogens is 192 g/mol. The molecule has 1 heterocycles. The van der Waals surface area contributed by atoms with Crippen molar-refractivity contribution < 1.29 is 0 Å². The molecule has 0 saturated carbocycles. The van der Waals surface area contributed by atoms with Crippen LogP contribution in [0.4, 0.5) is 0 Å². The Bertz CT molecular complexity index is 221. The van der Waals surface area contributed by atoms with Crippen molar-refractivity contribution in [1.82, 2.24) is 10.3 Å². The summed E-state index contributed by atoms with van der Waals surface area (Å²) in [6.45, 7) is 5.54. The molecular formula is C11H20N2S. The first-order chi connectivity index (χ1) is 6.86. The first-order valence-corrected chi connectivity index (χ1v) is 6.41. The Balaban J connectivity index is 2.13. The lowest BCUT2D eigenvalue weighted by Crippen LogP contribution is -2.30. The maximum Gasteiger partial charge on any atom is 0.0794 e. The zero-order valence-electron chi connectivity index (χ0n) is 9.12. The maximum atomic E-state index is 4.26. The van der Waals surface area contributed by atoms with Crippen molar-refractivity contribution in [3.8, 4) is 0 Å². The number of nitrogens with zero attached hydrogens (tertiary/aromatic N) is 1. The second-order valence-electron chi connectivity index (χ2n) is 3.58. The molecule has 0 fully saturated rings. The molecule has 0 radical (unpaired) electrons. The van der Waals surface area contributed by atoms with Crippen LogP contribution in [0.25, 0.3) is 0 Å². The van der Waals surface area contributed by atoms with E-state index in [1.54, 1.807) is 11.3 Å². The zero-order valence-corrected chi connectivity index (χ0v) is 9.94. The lowest BCUT2D eigenvalue weighted by Gasteiger charge is -2.15. The standard InChI is InChI=1S/C11H20N2S/c1-3-5-10(4-2)12-7-6-11-8-14-9-13-11/h8-10,12H,3-7H2,1-2H3. The van der Waals surface area contributed by atoms with Crippen LogP contribution in [0.5, 0.6) is 0 Å². The fourth-order valence-electron chi connectivity index (χ4n) is 1.56. The van der Waals surface area contributed by atoms with Crippen LogP contribution < -0.4 is 5.32 Å². The van der Waals surface area contributed by atoms with Crippen molar-refractivity contribution in [2.24, 2.45) is 0 Å². The molecule has 0 saturated heterocycles. The summed E-state index contributed by atoms with van der Waals surface area (Å²) in [6, 6.07) is 0.693. The highest BCUT2D eigenvalue weighted by atomic mass is 32.1. The summed E-state index contributed by atoms with van der Waals surface area (Å²) >= 11 is 1.68. The molecule has 0 aliphatic carbocycles. The lowest BCUT2D eigenvalue weighted by molar-refractivity contribution is 0.465. The van der Waals surface area contributed by atoms with Gasteiger partial charge in [0.15, 0.2) is 0 Å². The highest BCUT2D eigenvalue weighted by Crippen LogP contribution is 2.03. The number of hydrogen-bond acceptors (Lipinski definition) is 3. The van der Waals surface area contributed by atoms with E-state index in [4.69, 9.17) is 0 Å². The van der Waals surface area contributed by atoms with E-state index in [9.17, 15) is 0 Å². The number of aromatic nitrogens is 1. The van der Waals surface area contributed by atoms with E-state index in [1.165, 1.54) is 25.0 Å². The van der Waals surface area contributed by atoms with Crippen molar-refractivity contribution in [2.45, 2.75) is 45.6 Å². The van der Waals surface area contributed by atoms with Gasteiger partial charge in [0.2, 0.25) is 0 Å². The van der Waals surface area contributed by atoms with Crippen LogP contribution in [-0.2, 0) is 6.42 Å². The first-order valence-electron chi connectivity index (χ1n) is 5.47. The summed E-state index contributed by atoms with van der Waals surface area (Å²) < 4.78 is 0. The van der Waals surface area contributed by atoms with Gasteiger partial charge in [-0.05, 0) is 12.8 Å². The third kappa shape index (κ3) is 4.20. The van der Waals surface area contributed by atoms with Crippen LogP contribution in [0, 0.1) is 0 Å². The molecule has 1 aromatic rings. The molecule has 1 atom stereocenters. The molecule has 0 amide bonds. The van der Waals surface area contributed by atoms with Crippen LogP contribution >= 0.6 is 11.3 Å². The monoisotopic (exact) mass is 212 g/mol. The van der Waals surface area contributed by atoms with Crippen molar-refractivity contribution in [1.29, 1.82) is 0 Å². The number of nitrogens with one attached hydrogen (secondary N) is 1. The van der Waals surface area contributed by atoms with E-state index in [0.717, 1.165) is 13.0 Å². The van der Waals surface area contributed by atoms with Gasteiger partial charge in [0.1, 0.15) is 0 Å². The molecule has 1 unspecified atom stereocenters. The SMILES string of the molecule is CCCC(CC)NCCc1cscn1. The Morgan fingerprint density at radius 1 is 1.50 bits per heavy atom. The van der Waals surface area contributed by atoms with Crippen LogP contribution in [-0.4, -0.2) is 17.6 Å². The Morgan fingerprint density at radius 3 is 2.93 bits per heavy atom. The van der Waals surface area contributed by atoms with E-state index < -0.39 is 0 Å². The van der Waals surface area contributed by atoms with Gasteiger partial charge in [-0.2, -0.15) is 0 Å². The van der Waals surface area contributed by atoms with E-state index in [-0.39, 0.29) is 0 Å². The topological polar surface area (TPSA) is 24.9 Å². The van der Waals surface area contributed by atoms with Gasteiger partial charge in [0.25, 0.3) is 0 Å². The van der Waals surface area contributed by atoms with Crippen molar-refractivity contribution in [3.05, 3.63) is 16.6 Å². The third-order valence-electron chi connectivity index (χ3n) is 2.43. The summed E-state index contributed by atoms with van der Waals surface area (Å²) in [4.78, 5) is 4.26. The van der Waals surface area contributed by atoms with Gasteiger partial charge < -0.3 is 5.32 Å². The van der Waals surface area contributed by atoms with Crippen molar-refractivity contribution in [3.63, 3.8) is 0 Å². The molecule has 0 aliphatic rings. The molecule has 0 bridgehead atoms. The second-order valence-corrected chi connectivity index (χ2v) is 4.30. The van der Waals surface area contributed by atoms with Gasteiger partial charge in [-0.1, -0.05) is 20.3 Å². The number of thiazole rings is 1. The largest absolute Gasteiger partial charge is 0.314 e. The van der Waals surface area contributed by atoms with Crippen LogP contribution in [0.1, 0.15) is 38.8 Å². The van der Waals surface area contributed by atoms with E-state index in [1.807, 2.05) is 5.51 Å². The first kappa shape index (κ1) is 11.7. The Hall–Kier alpha value is -0.410. The molecule has 80 valence electrons. The maximum absolute atomic E-state index is 4.26. The van der Waals surface area contributed by atoms with Gasteiger partial charge in [-0.15, -0.1) is 11.3 Å². The summed E-state index contributed by atoms with van der Waals surface area (Å²) in [5, 5.41) is 5.70. The normalized spacial score (nSPS) is 13.0. The Labute approximate surface area is 90.8 Å². The highest BCUT2D eigenvalue weighted by molar-refractivity contribution is 7.07. The van der Waals surface area contributed by atoms with Crippen LogP contribution in [0.3, 0.4) is 0 Å². The van der Waals surface area contributed by atoms with Gasteiger partial charge in [-0.25, -0.2) is 4.98 Å². The van der Waals surface area contributed by atoms with E-state index >= 15 is 0 Å². The fourth-order valence-corrected chi connectivity index (χ4v) is 2.16. The molecule has 0 aliphatic heterocycles. The van der Waals surface area contributed by atoms with Gasteiger partial charge in [0.05, 0.1) is 11.2 Å². The predicted molar refractivity (Wildman–Crippen MR) is 62.8 cm³/mol. The van der Waals surface area contributed by atoms with Crippen molar-refractivity contribution in [2.75, 3.05) is 6.54 Å². The second kappa shape index (κ2) is 6.96. The number of rotatable bonds is 7. The molecule has 0 aromatic carbocycles. The van der Waals surface area contributed by atoms with E-state index in [0.29, 0.717) is 6.04 Å². The lowest BCUT2D eigenvalue weighted by atomic mass is 10.1. The average Bonchev–Trinajstić information content (AvgIpc) is 2.69. The minimum Gasteiger partial charge on any atom is -0.314 e. The highest BCUT2D eigenvalue weighted by Gasteiger charge is 2.03. The van der Waals surface area contributed by atoms with Gasteiger partial charge in [0, 0.05) is 24.4 Å². The van der Waals surface area contributed by atoms with Gasteiger partial charge >= 0.3 is 0 Å². The minimum absolute atomic E-state index is 0.693. The predicted octanol–water partition coefficient (Wildman–Crippen LogP) is 2.85. The molecule has 1 aromatic heterocycles. The summed E-state index contributed by atoms with van der Waals surface area (Å²) in [7, 11) is 0. The third-order valence-corrected chi connectivity index (χ3v) is 3.06. The van der Waals surface area contributed by atoms with Crippen LogP contribution in [0.15, 0.2) is 10.9 Å². The fraction of sp³-hybridized carbons (Fsp3) is 0.727. The Kier molecular flexibility index (Phi) is 5.80. The molecule has 14 heavy (non-hydrogen) atoms. The quantitative estimate of drug-likeness (QED) is 0.752.